The average Bonchev–Trinajstić information content (AvgIpc) is 3.04. The maximum Gasteiger partial charge on any atom is 0.236 e. The van der Waals surface area contributed by atoms with Gasteiger partial charge in [-0.2, -0.15) is 0 Å². The summed E-state index contributed by atoms with van der Waals surface area (Å²) in [5.41, 5.74) is 1.33. The van der Waals surface area contributed by atoms with Crippen molar-refractivity contribution in [3.8, 4) is 0 Å². The lowest BCUT2D eigenvalue weighted by Crippen LogP contribution is -2.38. The summed E-state index contributed by atoms with van der Waals surface area (Å²) in [5, 5.41) is 2.16. The van der Waals surface area contributed by atoms with Gasteiger partial charge in [0.05, 0.1) is 11.8 Å². The molecular weight excluding hydrogens is 298 g/mol. The number of thiophene rings is 1. The largest absolute Gasteiger partial charge is 0.334 e. The molecule has 108 valence electrons. The first kappa shape index (κ1) is 13.4. The van der Waals surface area contributed by atoms with Crippen molar-refractivity contribution in [3.63, 3.8) is 0 Å². The molecule has 1 aliphatic carbocycles. The van der Waals surface area contributed by atoms with Gasteiger partial charge in [0, 0.05) is 15.8 Å². The van der Waals surface area contributed by atoms with Gasteiger partial charge in [0.2, 0.25) is 5.91 Å². The molecule has 4 rings (SSSR count). The monoisotopic (exact) mass is 315 g/mol. The van der Waals surface area contributed by atoms with E-state index in [-0.39, 0.29) is 5.25 Å². The van der Waals surface area contributed by atoms with Crippen LogP contribution in [0.5, 0.6) is 0 Å². The Morgan fingerprint density at radius 2 is 2.05 bits per heavy atom. The third kappa shape index (κ3) is 2.74. The van der Waals surface area contributed by atoms with Crippen molar-refractivity contribution in [2.45, 2.75) is 42.0 Å². The molecule has 4 heteroatoms. The number of benzene rings is 1. The molecule has 0 spiro atoms. The van der Waals surface area contributed by atoms with Crippen molar-refractivity contribution < 1.29 is 4.79 Å². The average molecular weight is 315 g/mol. The van der Waals surface area contributed by atoms with Crippen LogP contribution in [0.25, 0.3) is 0 Å². The summed E-state index contributed by atoms with van der Waals surface area (Å²) < 4.78 is 0. The van der Waals surface area contributed by atoms with E-state index in [1.54, 1.807) is 23.1 Å². The van der Waals surface area contributed by atoms with Crippen molar-refractivity contribution in [1.82, 2.24) is 4.90 Å². The molecule has 1 saturated carbocycles. The molecule has 2 nitrogen and oxygen atoms in total. The molecule has 2 heterocycles. The summed E-state index contributed by atoms with van der Waals surface area (Å²) in [7, 11) is 0. The van der Waals surface area contributed by atoms with E-state index in [4.69, 9.17) is 0 Å². The minimum absolute atomic E-state index is 0.0722. The SMILES string of the molecule is O=C(C1Cc2ccccc2S1)N(Cc1cccs1)C1CC1. The Morgan fingerprint density at radius 3 is 2.76 bits per heavy atom. The van der Waals surface area contributed by atoms with Crippen LogP contribution in [0.3, 0.4) is 0 Å². The molecule has 2 aliphatic rings. The maximum absolute atomic E-state index is 12.9. The molecule has 1 aromatic heterocycles. The van der Waals surface area contributed by atoms with Crippen LogP contribution >= 0.6 is 23.1 Å². The normalized spacial score (nSPS) is 20.3. The van der Waals surface area contributed by atoms with Gasteiger partial charge >= 0.3 is 0 Å². The predicted octanol–water partition coefficient (Wildman–Crippen LogP) is 3.96. The lowest BCUT2D eigenvalue weighted by atomic mass is 10.1. The van der Waals surface area contributed by atoms with Crippen LogP contribution in [0.4, 0.5) is 0 Å². The highest BCUT2D eigenvalue weighted by Gasteiger charge is 2.38. The van der Waals surface area contributed by atoms with E-state index >= 15 is 0 Å². The molecule has 1 unspecified atom stereocenters. The zero-order valence-electron chi connectivity index (χ0n) is 11.7. The van der Waals surface area contributed by atoms with E-state index in [1.807, 2.05) is 0 Å². The first-order chi connectivity index (χ1) is 10.3. The smallest absolute Gasteiger partial charge is 0.236 e. The van der Waals surface area contributed by atoms with Crippen LogP contribution in [-0.4, -0.2) is 22.1 Å². The number of amides is 1. The molecule has 0 N–H and O–H groups in total. The summed E-state index contributed by atoms with van der Waals surface area (Å²) in [6.45, 7) is 0.786. The number of carbonyl (C=O) groups excluding carboxylic acids is 1. The van der Waals surface area contributed by atoms with Crippen LogP contribution in [0.1, 0.15) is 23.3 Å². The lowest BCUT2D eigenvalue weighted by Gasteiger charge is -2.24. The number of nitrogens with zero attached hydrogens (tertiary/aromatic N) is 1. The van der Waals surface area contributed by atoms with Gasteiger partial charge < -0.3 is 4.90 Å². The zero-order chi connectivity index (χ0) is 14.2. The minimum Gasteiger partial charge on any atom is -0.334 e. The zero-order valence-corrected chi connectivity index (χ0v) is 13.3. The fourth-order valence-electron chi connectivity index (χ4n) is 2.85. The van der Waals surface area contributed by atoms with Crippen molar-refractivity contribution in [2.75, 3.05) is 0 Å². The Balaban J connectivity index is 1.50. The van der Waals surface area contributed by atoms with Gasteiger partial charge in [-0.05, 0) is 42.3 Å². The Morgan fingerprint density at radius 1 is 1.19 bits per heavy atom. The molecule has 1 amide bonds. The number of thioether (sulfide) groups is 1. The van der Waals surface area contributed by atoms with E-state index in [9.17, 15) is 4.79 Å². The van der Waals surface area contributed by atoms with Crippen LogP contribution in [0.15, 0.2) is 46.7 Å². The minimum atomic E-state index is 0.0722. The fourth-order valence-corrected chi connectivity index (χ4v) is 4.82. The number of fused-ring (bicyclic) bond motifs is 1. The molecule has 0 bridgehead atoms. The van der Waals surface area contributed by atoms with Gasteiger partial charge in [-0.3, -0.25) is 4.79 Å². The second-order valence-electron chi connectivity index (χ2n) is 5.70. The maximum atomic E-state index is 12.9. The van der Waals surface area contributed by atoms with Gasteiger partial charge in [-0.25, -0.2) is 0 Å². The molecule has 0 saturated heterocycles. The van der Waals surface area contributed by atoms with Crippen LogP contribution in [0.2, 0.25) is 0 Å². The van der Waals surface area contributed by atoms with E-state index in [1.165, 1.54) is 28.2 Å². The second kappa shape index (κ2) is 5.50. The number of rotatable bonds is 4. The molecule has 2 aromatic rings. The van der Waals surface area contributed by atoms with E-state index < -0.39 is 0 Å². The van der Waals surface area contributed by atoms with Crippen LogP contribution in [-0.2, 0) is 17.8 Å². The summed E-state index contributed by atoms with van der Waals surface area (Å²) in [4.78, 5) is 17.6. The predicted molar refractivity (Wildman–Crippen MR) is 87.7 cm³/mol. The standard InChI is InChI=1S/C17H17NOS2/c19-17(16-10-12-4-1-2-6-15(12)21-16)18(13-7-8-13)11-14-5-3-9-20-14/h1-6,9,13,16H,7-8,10-11H2. The Labute approximate surface area is 133 Å². The molecule has 1 aliphatic heterocycles. The molecule has 21 heavy (non-hydrogen) atoms. The number of carbonyl (C=O) groups is 1. The van der Waals surface area contributed by atoms with Gasteiger partial charge in [-0.1, -0.05) is 24.3 Å². The Hall–Kier alpha value is -1.26. The van der Waals surface area contributed by atoms with E-state index in [0.29, 0.717) is 11.9 Å². The highest BCUT2D eigenvalue weighted by Crippen LogP contribution is 2.39. The van der Waals surface area contributed by atoms with Gasteiger partial charge in [0.15, 0.2) is 0 Å². The van der Waals surface area contributed by atoms with E-state index in [0.717, 1.165) is 13.0 Å². The second-order valence-corrected chi connectivity index (χ2v) is 7.97. The quantitative estimate of drug-likeness (QED) is 0.851. The fraction of sp³-hybridized carbons (Fsp3) is 0.353. The third-order valence-corrected chi connectivity index (χ3v) is 6.27. The molecular formula is C17H17NOS2. The summed E-state index contributed by atoms with van der Waals surface area (Å²) in [6, 6.07) is 13.1. The van der Waals surface area contributed by atoms with Crippen LogP contribution < -0.4 is 0 Å². The summed E-state index contributed by atoms with van der Waals surface area (Å²) in [5.74, 6) is 0.326. The highest BCUT2D eigenvalue weighted by molar-refractivity contribution is 8.01. The van der Waals surface area contributed by atoms with Gasteiger partial charge in [-0.15, -0.1) is 23.1 Å². The molecule has 1 atom stereocenters. The third-order valence-electron chi connectivity index (χ3n) is 4.10. The number of hydrogen-bond acceptors (Lipinski definition) is 3. The van der Waals surface area contributed by atoms with Gasteiger partial charge in [0.25, 0.3) is 0 Å². The highest BCUT2D eigenvalue weighted by atomic mass is 32.2. The van der Waals surface area contributed by atoms with Crippen molar-refractivity contribution >= 4 is 29.0 Å². The molecule has 1 aromatic carbocycles. The molecule has 1 fully saturated rings. The Kier molecular flexibility index (Phi) is 3.51. The summed E-state index contributed by atoms with van der Waals surface area (Å²) >= 11 is 3.49. The topological polar surface area (TPSA) is 20.3 Å². The summed E-state index contributed by atoms with van der Waals surface area (Å²) in [6.07, 6.45) is 3.22. The lowest BCUT2D eigenvalue weighted by molar-refractivity contribution is -0.131. The first-order valence-electron chi connectivity index (χ1n) is 7.39. The van der Waals surface area contributed by atoms with Crippen LogP contribution in [0, 0.1) is 0 Å². The van der Waals surface area contributed by atoms with Gasteiger partial charge in [0.1, 0.15) is 0 Å². The van der Waals surface area contributed by atoms with Crippen molar-refractivity contribution in [2.24, 2.45) is 0 Å². The van der Waals surface area contributed by atoms with Crippen molar-refractivity contribution in [3.05, 3.63) is 52.2 Å². The van der Waals surface area contributed by atoms with Crippen molar-refractivity contribution in [1.29, 1.82) is 0 Å². The van der Waals surface area contributed by atoms with E-state index in [2.05, 4.69) is 46.7 Å². The Bertz CT molecular complexity index is 624. The molecule has 0 radical (unpaired) electrons. The first-order valence-corrected chi connectivity index (χ1v) is 9.14. The number of hydrogen-bond donors (Lipinski definition) is 0.